The Morgan fingerprint density at radius 2 is 1.63 bits per heavy atom. The summed E-state index contributed by atoms with van der Waals surface area (Å²) in [6.07, 6.45) is -4.27. The normalized spacial score (nSPS) is 11.8. The van der Waals surface area contributed by atoms with Crippen molar-refractivity contribution in [3.05, 3.63) is 35.4 Å². The molecule has 0 bridgehead atoms. The first-order chi connectivity index (χ1) is 9.04. The molecule has 108 valence electrons. The highest BCUT2D eigenvalue weighted by molar-refractivity contribution is 5.24. The molecule has 0 fully saturated rings. The van der Waals surface area contributed by atoms with Crippen LogP contribution < -0.4 is 10.6 Å². The van der Waals surface area contributed by atoms with Gasteiger partial charge >= 0.3 is 6.18 Å². The van der Waals surface area contributed by atoms with Crippen LogP contribution in [0, 0.1) is 0 Å². The van der Waals surface area contributed by atoms with Crippen molar-refractivity contribution in [3.63, 3.8) is 0 Å². The van der Waals surface area contributed by atoms with E-state index in [0.29, 0.717) is 13.2 Å². The number of hydrogen-bond donors (Lipinski definition) is 2. The lowest BCUT2D eigenvalue weighted by Crippen LogP contribution is -2.29. The van der Waals surface area contributed by atoms with Gasteiger partial charge in [0.15, 0.2) is 0 Å². The van der Waals surface area contributed by atoms with Crippen molar-refractivity contribution >= 4 is 0 Å². The second-order valence-corrected chi connectivity index (χ2v) is 4.11. The van der Waals surface area contributed by atoms with Gasteiger partial charge in [0.2, 0.25) is 0 Å². The van der Waals surface area contributed by atoms with Crippen molar-refractivity contribution in [1.82, 2.24) is 10.6 Å². The molecule has 0 spiro atoms. The zero-order valence-electron chi connectivity index (χ0n) is 10.9. The zero-order valence-corrected chi connectivity index (χ0v) is 10.9. The van der Waals surface area contributed by atoms with Crippen molar-refractivity contribution < 1.29 is 17.9 Å². The summed E-state index contributed by atoms with van der Waals surface area (Å²) in [6, 6.07) is 5.20. The van der Waals surface area contributed by atoms with E-state index in [4.69, 9.17) is 4.74 Å². The Balaban J connectivity index is 2.20. The van der Waals surface area contributed by atoms with E-state index in [1.54, 1.807) is 7.11 Å². The number of rotatable bonds is 8. The van der Waals surface area contributed by atoms with Crippen LogP contribution in [-0.2, 0) is 17.5 Å². The molecule has 0 heterocycles. The first-order valence-electron chi connectivity index (χ1n) is 6.10. The first-order valence-corrected chi connectivity index (χ1v) is 6.10. The summed E-state index contributed by atoms with van der Waals surface area (Å²) in [6.45, 7) is 3.57. The molecular weight excluding hydrogens is 257 g/mol. The van der Waals surface area contributed by atoms with Crippen LogP contribution in [-0.4, -0.2) is 33.4 Å². The molecule has 0 aromatic heterocycles. The maximum absolute atomic E-state index is 12.3. The number of halogens is 3. The average Bonchev–Trinajstić information content (AvgIpc) is 2.37. The van der Waals surface area contributed by atoms with Gasteiger partial charge < -0.3 is 15.4 Å². The van der Waals surface area contributed by atoms with Crippen LogP contribution in [0.3, 0.4) is 0 Å². The summed E-state index contributed by atoms with van der Waals surface area (Å²) in [5.41, 5.74) is 0.224. The number of methoxy groups -OCH3 is 1. The Morgan fingerprint density at radius 1 is 1.00 bits per heavy atom. The Labute approximate surface area is 111 Å². The lowest BCUT2D eigenvalue weighted by molar-refractivity contribution is -0.137. The predicted molar refractivity (Wildman–Crippen MR) is 67.9 cm³/mol. The number of alkyl halides is 3. The number of benzene rings is 1. The summed E-state index contributed by atoms with van der Waals surface area (Å²) >= 11 is 0. The van der Waals surface area contributed by atoms with E-state index in [1.807, 2.05) is 0 Å². The van der Waals surface area contributed by atoms with Crippen LogP contribution in [0.15, 0.2) is 24.3 Å². The maximum Gasteiger partial charge on any atom is 0.416 e. The minimum Gasteiger partial charge on any atom is -0.383 e. The Kier molecular flexibility index (Phi) is 6.83. The fourth-order valence-electron chi connectivity index (χ4n) is 1.52. The van der Waals surface area contributed by atoms with Crippen LogP contribution in [0.2, 0.25) is 0 Å². The van der Waals surface area contributed by atoms with E-state index >= 15 is 0 Å². The third-order valence-corrected chi connectivity index (χ3v) is 2.57. The van der Waals surface area contributed by atoms with Crippen molar-refractivity contribution in [2.75, 3.05) is 33.4 Å². The van der Waals surface area contributed by atoms with Gasteiger partial charge in [-0.2, -0.15) is 13.2 Å². The highest BCUT2D eigenvalue weighted by Crippen LogP contribution is 2.28. The summed E-state index contributed by atoms with van der Waals surface area (Å²) in [7, 11) is 1.64. The molecule has 0 aliphatic heterocycles. The quantitative estimate of drug-likeness (QED) is 0.713. The van der Waals surface area contributed by atoms with Crippen molar-refractivity contribution in [1.29, 1.82) is 0 Å². The van der Waals surface area contributed by atoms with Gasteiger partial charge in [-0.3, -0.25) is 0 Å². The molecule has 0 atom stereocenters. The fraction of sp³-hybridized carbons (Fsp3) is 0.538. The van der Waals surface area contributed by atoms with E-state index in [-0.39, 0.29) is 0 Å². The number of ether oxygens (including phenoxy) is 1. The average molecular weight is 276 g/mol. The molecule has 0 radical (unpaired) electrons. The molecule has 0 unspecified atom stereocenters. The molecular formula is C13H19F3N2O. The lowest BCUT2D eigenvalue weighted by Gasteiger charge is -2.09. The molecule has 1 aromatic rings. The first kappa shape index (κ1) is 15.9. The van der Waals surface area contributed by atoms with Gasteiger partial charge in [-0.25, -0.2) is 0 Å². The standard InChI is InChI=1S/C13H19F3N2O/c1-19-9-8-17-6-7-18-10-11-2-4-12(5-3-11)13(14,15)16/h2-5,17-18H,6-10H2,1H3. The summed E-state index contributed by atoms with van der Waals surface area (Å²) in [5, 5.41) is 6.32. The van der Waals surface area contributed by atoms with E-state index < -0.39 is 11.7 Å². The third-order valence-electron chi connectivity index (χ3n) is 2.57. The summed E-state index contributed by atoms with van der Waals surface area (Å²) in [5.74, 6) is 0. The molecule has 6 heteroatoms. The molecule has 0 saturated carbocycles. The van der Waals surface area contributed by atoms with Gasteiger partial charge in [0.25, 0.3) is 0 Å². The minimum absolute atomic E-state index is 0.560. The van der Waals surface area contributed by atoms with Crippen LogP contribution >= 0.6 is 0 Å². The van der Waals surface area contributed by atoms with Crippen molar-refractivity contribution in [3.8, 4) is 0 Å². The van der Waals surface area contributed by atoms with E-state index in [2.05, 4.69) is 10.6 Å². The van der Waals surface area contributed by atoms with Gasteiger partial charge in [0.05, 0.1) is 12.2 Å². The van der Waals surface area contributed by atoms with E-state index in [0.717, 1.165) is 37.3 Å². The molecule has 3 nitrogen and oxygen atoms in total. The Morgan fingerprint density at radius 3 is 2.21 bits per heavy atom. The van der Waals surface area contributed by atoms with Crippen LogP contribution in [0.1, 0.15) is 11.1 Å². The Hall–Kier alpha value is -1.11. The Bertz CT molecular complexity index is 352. The molecule has 2 N–H and O–H groups in total. The van der Waals surface area contributed by atoms with Gasteiger partial charge in [0.1, 0.15) is 0 Å². The second-order valence-electron chi connectivity index (χ2n) is 4.11. The van der Waals surface area contributed by atoms with Crippen LogP contribution in [0.25, 0.3) is 0 Å². The van der Waals surface area contributed by atoms with Gasteiger partial charge in [-0.05, 0) is 17.7 Å². The monoisotopic (exact) mass is 276 g/mol. The van der Waals surface area contributed by atoms with E-state index in [1.165, 1.54) is 12.1 Å². The third kappa shape index (κ3) is 6.56. The van der Waals surface area contributed by atoms with Gasteiger partial charge in [-0.15, -0.1) is 0 Å². The summed E-state index contributed by atoms with van der Waals surface area (Å²) in [4.78, 5) is 0. The highest BCUT2D eigenvalue weighted by Gasteiger charge is 2.29. The topological polar surface area (TPSA) is 33.3 Å². The smallest absolute Gasteiger partial charge is 0.383 e. The number of hydrogen-bond acceptors (Lipinski definition) is 3. The molecule has 1 rings (SSSR count). The van der Waals surface area contributed by atoms with Gasteiger partial charge in [-0.1, -0.05) is 12.1 Å². The maximum atomic E-state index is 12.3. The largest absolute Gasteiger partial charge is 0.416 e. The number of nitrogens with one attached hydrogen (secondary N) is 2. The molecule has 0 saturated heterocycles. The van der Waals surface area contributed by atoms with Crippen molar-refractivity contribution in [2.45, 2.75) is 12.7 Å². The van der Waals surface area contributed by atoms with Gasteiger partial charge in [0, 0.05) is 33.3 Å². The van der Waals surface area contributed by atoms with Crippen molar-refractivity contribution in [2.24, 2.45) is 0 Å². The molecule has 0 aliphatic carbocycles. The highest BCUT2D eigenvalue weighted by atomic mass is 19.4. The molecule has 1 aromatic carbocycles. The zero-order chi connectivity index (χ0) is 14.1. The lowest BCUT2D eigenvalue weighted by atomic mass is 10.1. The van der Waals surface area contributed by atoms with E-state index in [9.17, 15) is 13.2 Å². The summed E-state index contributed by atoms with van der Waals surface area (Å²) < 4.78 is 41.9. The van der Waals surface area contributed by atoms with Crippen LogP contribution in [0.5, 0.6) is 0 Å². The molecule has 0 aliphatic rings. The van der Waals surface area contributed by atoms with Crippen LogP contribution in [0.4, 0.5) is 13.2 Å². The predicted octanol–water partition coefficient (Wildman–Crippen LogP) is 2.03. The molecule has 0 amide bonds. The molecule has 19 heavy (non-hydrogen) atoms. The minimum atomic E-state index is -4.27. The SMILES string of the molecule is COCCNCCNCc1ccc(C(F)(F)F)cc1. The fourth-order valence-corrected chi connectivity index (χ4v) is 1.52. The second kappa shape index (κ2) is 8.14.